The summed E-state index contributed by atoms with van der Waals surface area (Å²) in [4.78, 5) is 0. The van der Waals surface area contributed by atoms with E-state index < -0.39 is 0 Å². The molecule has 0 saturated heterocycles. The van der Waals surface area contributed by atoms with Gasteiger partial charge in [-0.05, 0) is 32.8 Å². The van der Waals surface area contributed by atoms with E-state index >= 15 is 0 Å². The highest BCUT2D eigenvalue weighted by molar-refractivity contribution is 5.03. The molecule has 108 valence electrons. The molecule has 0 bridgehead atoms. The maximum atomic E-state index is 5.62. The third kappa shape index (κ3) is 3.78. The normalized spacial score (nSPS) is 19.7. The van der Waals surface area contributed by atoms with Crippen LogP contribution in [-0.2, 0) is 11.2 Å². The molecule has 1 aromatic heterocycles. The van der Waals surface area contributed by atoms with Gasteiger partial charge in [0.15, 0.2) is 0 Å². The van der Waals surface area contributed by atoms with Crippen LogP contribution in [0.5, 0.6) is 0 Å². The number of nitrogens with two attached hydrogens (primary N) is 1. The fourth-order valence-corrected chi connectivity index (χ4v) is 2.82. The summed E-state index contributed by atoms with van der Waals surface area (Å²) in [5.74, 6) is 5.62. The third-order valence-electron chi connectivity index (χ3n) is 4.00. The minimum absolute atomic E-state index is 0.0895. The monoisotopic (exact) mass is 266 g/mol. The molecule has 2 rings (SSSR count). The molecule has 5 heteroatoms. The number of hydrogen-bond donors (Lipinski definition) is 2. The van der Waals surface area contributed by atoms with Crippen molar-refractivity contribution in [3.63, 3.8) is 0 Å². The molecule has 1 aromatic rings. The molecular formula is C14H26N4O. The number of hydrazine groups is 1. The quantitative estimate of drug-likeness (QED) is 0.583. The molecule has 1 fully saturated rings. The van der Waals surface area contributed by atoms with Crippen molar-refractivity contribution in [2.75, 3.05) is 6.61 Å². The number of nitrogens with one attached hydrogen (secondary N) is 1. The van der Waals surface area contributed by atoms with Crippen molar-refractivity contribution in [2.24, 2.45) is 5.84 Å². The molecule has 0 aliphatic heterocycles. The third-order valence-corrected chi connectivity index (χ3v) is 4.00. The van der Waals surface area contributed by atoms with Gasteiger partial charge in [0.1, 0.15) is 0 Å². The van der Waals surface area contributed by atoms with Gasteiger partial charge in [-0.2, -0.15) is 5.10 Å². The maximum absolute atomic E-state index is 5.62. The Morgan fingerprint density at radius 2 is 2.26 bits per heavy atom. The van der Waals surface area contributed by atoms with Crippen LogP contribution < -0.4 is 11.3 Å². The fraction of sp³-hybridized carbons (Fsp3) is 0.786. The molecule has 1 saturated carbocycles. The topological polar surface area (TPSA) is 65.1 Å². The van der Waals surface area contributed by atoms with Gasteiger partial charge in [0.2, 0.25) is 0 Å². The summed E-state index contributed by atoms with van der Waals surface area (Å²) in [5.41, 5.74) is 3.92. The number of rotatable bonds is 7. The molecule has 5 nitrogen and oxygen atoms in total. The molecule has 0 spiro atoms. The molecular weight excluding hydrogens is 240 g/mol. The average molecular weight is 266 g/mol. The van der Waals surface area contributed by atoms with E-state index in [2.05, 4.69) is 27.5 Å². The molecule has 2 unspecified atom stereocenters. The Bertz CT molecular complexity index is 373. The Morgan fingerprint density at radius 3 is 2.89 bits per heavy atom. The van der Waals surface area contributed by atoms with Crippen LogP contribution >= 0.6 is 0 Å². The lowest BCUT2D eigenvalue weighted by Crippen LogP contribution is -2.45. The summed E-state index contributed by atoms with van der Waals surface area (Å²) in [6, 6.07) is 2.80. The van der Waals surface area contributed by atoms with Crippen LogP contribution in [0.2, 0.25) is 0 Å². The van der Waals surface area contributed by atoms with Gasteiger partial charge in [-0.3, -0.25) is 16.0 Å². The first-order valence-electron chi connectivity index (χ1n) is 7.36. The van der Waals surface area contributed by atoms with Gasteiger partial charge in [0.25, 0.3) is 0 Å². The van der Waals surface area contributed by atoms with Gasteiger partial charge in [0, 0.05) is 19.2 Å². The summed E-state index contributed by atoms with van der Waals surface area (Å²) in [6.07, 6.45) is 8.17. The van der Waals surface area contributed by atoms with E-state index in [0.29, 0.717) is 12.6 Å². The van der Waals surface area contributed by atoms with E-state index in [-0.39, 0.29) is 12.1 Å². The highest BCUT2D eigenvalue weighted by atomic mass is 16.5. The van der Waals surface area contributed by atoms with Crippen molar-refractivity contribution in [3.8, 4) is 0 Å². The van der Waals surface area contributed by atoms with Gasteiger partial charge in [0.05, 0.1) is 23.9 Å². The standard InChI is InChI=1S/C14H26N4O/c1-3-19-11(2)14(16-15)10-12-8-9-18(17-12)13-6-4-5-7-13/h8-9,11,13-14,16H,3-7,10,15H2,1-2H3. The molecule has 3 N–H and O–H groups in total. The predicted octanol–water partition coefficient (Wildman–Crippen LogP) is 1.80. The lowest BCUT2D eigenvalue weighted by atomic mass is 10.1. The Kier molecular flexibility index (Phi) is 5.36. The fourth-order valence-electron chi connectivity index (χ4n) is 2.82. The van der Waals surface area contributed by atoms with Crippen LogP contribution in [0.25, 0.3) is 0 Å². The summed E-state index contributed by atoms with van der Waals surface area (Å²) in [7, 11) is 0. The van der Waals surface area contributed by atoms with Crippen LogP contribution in [0.15, 0.2) is 12.3 Å². The molecule has 0 amide bonds. The zero-order valence-electron chi connectivity index (χ0n) is 12.0. The summed E-state index contributed by atoms with van der Waals surface area (Å²) in [6.45, 7) is 4.75. The summed E-state index contributed by atoms with van der Waals surface area (Å²) >= 11 is 0. The minimum atomic E-state index is 0.0895. The second-order valence-electron chi connectivity index (χ2n) is 5.36. The van der Waals surface area contributed by atoms with E-state index in [1.54, 1.807) is 0 Å². The first kappa shape index (κ1) is 14.5. The maximum Gasteiger partial charge on any atom is 0.0717 e. The molecule has 0 radical (unpaired) electrons. The van der Waals surface area contributed by atoms with Gasteiger partial charge in [-0.1, -0.05) is 12.8 Å². The number of nitrogens with zero attached hydrogens (tertiary/aromatic N) is 2. The van der Waals surface area contributed by atoms with Gasteiger partial charge >= 0.3 is 0 Å². The predicted molar refractivity (Wildman–Crippen MR) is 75.6 cm³/mol. The Hall–Kier alpha value is -0.910. The molecule has 1 heterocycles. The van der Waals surface area contributed by atoms with Gasteiger partial charge in [-0.15, -0.1) is 0 Å². The van der Waals surface area contributed by atoms with E-state index in [1.165, 1.54) is 25.7 Å². The van der Waals surface area contributed by atoms with Crippen molar-refractivity contribution in [2.45, 2.75) is 64.1 Å². The number of hydrogen-bond acceptors (Lipinski definition) is 4. The lowest BCUT2D eigenvalue weighted by Gasteiger charge is -2.22. The Morgan fingerprint density at radius 1 is 1.53 bits per heavy atom. The zero-order valence-corrected chi connectivity index (χ0v) is 12.0. The van der Waals surface area contributed by atoms with Crippen LogP contribution in [0.1, 0.15) is 51.3 Å². The molecule has 19 heavy (non-hydrogen) atoms. The minimum Gasteiger partial charge on any atom is -0.377 e. The zero-order chi connectivity index (χ0) is 13.7. The number of ether oxygens (including phenoxy) is 1. The van der Waals surface area contributed by atoms with Crippen molar-refractivity contribution in [1.82, 2.24) is 15.2 Å². The van der Waals surface area contributed by atoms with E-state index in [9.17, 15) is 0 Å². The SMILES string of the molecule is CCOC(C)C(Cc1ccn(C2CCCC2)n1)NN. The van der Waals surface area contributed by atoms with Gasteiger partial charge in [-0.25, -0.2) is 0 Å². The van der Waals surface area contributed by atoms with Crippen molar-refractivity contribution in [3.05, 3.63) is 18.0 Å². The van der Waals surface area contributed by atoms with Crippen molar-refractivity contribution in [1.29, 1.82) is 0 Å². The van der Waals surface area contributed by atoms with Crippen LogP contribution in [0.4, 0.5) is 0 Å². The Balaban J connectivity index is 1.93. The first-order valence-corrected chi connectivity index (χ1v) is 7.36. The van der Waals surface area contributed by atoms with E-state index in [0.717, 1.165) is 12.1 Å². The summed E-state index contributed by atoms with van der Waals surface area (Å²) in [5, 5.41) is 4.69. The number of aromatic nitrogens is 2. The van der Waals surface area contributed by atoms with Gasteiger partial charge < -0.3 is 4.74 Å². The van der Waals surface area contributed by atoms with E-state index in [1.807, 2.05) is 13.8 Å². The lowest BCUT2D eigenvalue weighted by molar-refractivity contribution is 0.0473. The van der Waals surface area contributed by atoms with Crippen LogP contribution in [0.3, 0.4) is 0 Å². The van der Waals surface area contributed by atoms with Crippen molar-refractivity contribution < 1.29 is 4.74 Å². The molecule has 1 aliphatic rings. The highest BCUT2D eigenvalue weighted by Gasteiger charge is 2.20. The Labute approximate surface area is 115 Å². The van der Waals surface area contributed by atoms with Crippen molar-refractivity contribution >= 4 is 0 Å². The second-order valence-corrected chi connectivity index (χ2v) is 5.36. The molecule has 2 atom stereocenters. The highest BCUT2D eigenvalue weighted by Crippen LogP contribution is 2.28. The first-order chi connectivity index (χ1) is 9.24. The smallest absolute Gasteiger partial charge is 0.0717 e. The molecule has 1 aliphatic carbocycles. The average Bonchev–Trinajstić information content (AvgIpc) is 3.06. The summed E-state index contributed by atoms with van der Waals surface area (Å²) < 4.78 is 7.72. The van der Waals surface area contributed by atoms with E-state index in [4.69, 9.17) is 10.6 Å². The second kappa shape index (κ2) is 7.03. The largest absolute Gasteiger partial charge is 0.377 e. The van der Waals surface area contributed by atoms with Crippen LogP contribution in [0, 0.1) is 0 Å². The van der Waals surface area contributed by atoms with Crippen LogP contribution in [-0.4, -0.2) is 28.5 Å². The molecule has 0 aromatic carbocycles.